The molecule has 1 saturated heterocycles. The number of benzene rings is 1. The highest BCUT2D eigenvalue weighted by atomic mass is 35.5. The van der Waals surface area contributed by atoms with E-state index in [0.29, 0.717) is 17.7 Å². The lowest BCUT2D eigenvalue weighted by Crippen LogP contribution is -2.39. The van der Waals surface area contributed by atoms with E-state index in [1.165, 1.54) is 16.4 Å². The molecule has 20 heavy (non-hydrogen) atoms. The zero-order valence-electron chi connectivity index (χ0n) is 11.9. The average Bonchev–Trinajstić information content (AvgIpc) is 2.69. The van der Waals surface area contributed by atoms with Gasteiger partial charge in [0.2, 0.25) is 10.0 Å². The molecule has 1 aliphatic heterocycles. The second-order valence-corrected chi connectivity index (χ2v) is 7.61. The molecular weight excluding hydrogens is 301 g/mol. The minimum absolute atomic E-state index is 0.189. The van der Waals surface area contributed by atoms with Crippen LogP contribution in [0.3, 0.4) is 0 Å². The fraction of sp³-hybridized carbons (Fsp3) is 0.571. The van der Waals surface area contributed by atoms with Gasteiger partial charge in [-0.25, -0.2) is 12.8 Å². The van der Waals surface area contributed by atoms with E-state index in [4.69, 9.17) is 11.6 Å². The molecule has 2 rings (SSSR count). The molecule has 0 N–H and O–H groups in total. The number of halogens is 2. The summed E-state index contributed by atoms with van der Waals surface area (Å²) in [5.74, 6) is 0.102. The van der Waals surface area contributed by atoms with Crippen molar-refractivity contribution < 1.29 is 12.8 Å². The highest BCUT2D eigenvalue weighted by molar-refractivity contribution is 7.89. The summed E-state index contributed by atoms with van der Waals surface area (Å²) < 4.78 is 40.5. The third kappa shape index (κ3) is 2.59. The molecule has 6 heteroatoms. The minimum Gasteiger partial charge on any atom is -0.207 e. The Hall–Kier alpha value is -0.650. The van der Waals surface area contributed by atoms with Crippen molar-refractivity contribution in [1.82, 2.24) is 4.31 Å². The Morgan fingerprint density at radius 3 is 2.40 bits per heavy atom. The third-order valence-electron chi connectivity index (χ3n) is 3.98. The van der Waals surface area contributed by atoms with Crippen LogP contribution in [-0.2, 0) is 10.0 Å². The predicted molar refractivity (Wildman–Crippen MR) is 78.1 cm³/mol. The molecule has 0 aliphatic carbocycles. The van der Waals surface area contributed by atoms with E-state index in [1.807, 2.05) is 6.92 Å². The van der Waals surface area contributed by atoms with E-state index in [2.05, 4.69) is 0 Å². The maximum Gasteiger partial charge on any atom is 0.243 e. The number of hydrogen-bond acceptors (Lipinski definition) is 2. The fourth-order valence-electron chi connectivity index (χ4n) is 2.92. The van der Waals surface area contributed by atoms with Crippen LogP contribution in [0.15, 0.2) is 17.0 Å². The molecule has 0 radical (unpaired) electrons. The maximum absolute atomic E-state index is 13.3. The van der Waals surface area contributed by atoms with Gasteiger partial charge in [-0.3, -0.25) is 0 Å². The fourth-order valence-corrected chi connectivity index (χ4v) is 5.63. The van der Waals surface area contributed by atoms with Crippen LogP contribution in [0.2, 0.25) is 0 Å². The summed E-state index contributed by atoms with van der Waals surface area (Å²) in [6.07, 6.45) is 0.801. The Bertz CT molecular complexity index is 595. The van der Waals surface area contributed by atoms with Crippen LogP contribution in [0.4, 0.5) is 4.39 Å². The monoisotopic (exact) mass is 319 g/mol. The van der Waals surface area contributed by atoms with Crippen LogP contribution in [-0.4, -0.2) is 31.2 Å². The largest absolute Gasteiger partial charge is 0.243 e. The summed E-state index contributed by atoms with van der Waals surface area (Å²) in [4.78, 5) is 0.211. The lowest BCUT2D eigenvalue weighted by Gasteiger charge is -2.26. The van der Waals surface area contributed by atoms with Gasteiger partial charge in [0.15, 0.2) is 0 Å². The van der Waals surface area contributed by atoms with E-state index < -0.39 is 15.8 Å². The van der Waals surface area contributed by atoms with Gasteiger partial charge in [-0.1, -0.05) is 6.92 Å². The molecule has 0 spiro atoms. The Morgan fingerprint density at radius 2 is 1.90 bits per heavy atom. The Morgan fingerprint density at radius 1 is 1.35 bits per heavy atom. The molecule has 0 saturated carbocycles. The highest BCUT2D eigenvalue weighted by Gasteiger charge is 2.40. The van der Waals surface area contributed by atoms with Gasteiger partial charge in [-0.05, 0) is 49.4 Å². The SMILES string of the molecule is Cc1cc(F)cc(C)c1S(=O)(=O)N1CCC(C)C1CCl. The van der Waals surface area contributed by atoms with Crippen molar-refractivity contribution in [2.75, 3.05) is 12.4 Å². The summed E-state index contributed by atoms with van der Waals surface area (Å²) in [7, 11) is -3.63. The summed E-state index contributed by atoms with van der Waals surface area (Å²) in [6.45, 7) is 5.72. The first kappa shape index (κ1) is 15.7. The van der Waals surface area contributed by atoms with Crippen LogP contribution >= 0.6 is 11.6 Å². The Labute approximate surface area is 124 Å². The maximum atomic E-state index is 13.3. The molecule has 1 heterocycles. The highest BCUT2D eigenvalue weighted by Crippen LogP contribution is 2.33. The van der Waals surface area contributed by atoms with Crippen molar-refractivity contribution in [2.45, 2.75) is 38.1 Å². The van der Waals surface area contributed by atoms with E-state index in [9.17, 15) is 12.8 Å². The van der Waals surface area contributed by atoms with Gasteiger partial charge in [0.25, 0.3) is 0 Å². The lowest BCUT2D eigenvalue weighted by atomic mass is 10.1. The second kappa shape index (κ2) is 5.62. The van der Waals surface area contributed by atoms with Crippen LogP contribution in [0.25, 0.3) is 0 Å². The molecule has 1 aromatic rings. The zero-order chi connectivity index (χ0) is 15.1. The summed E-state index contributed by atoms with van der Waals surface area (Å²) in [5, 5.41) is 0. The number of alkyl halides is 1. The standard InChI is InChI=1S/C14H19ClFNO2S/c1-9-4-5-17(13(9)8-15)20(18,19)14-10(2)6-12(16)7-11(14)3/h6-7,9,13H,4-5,8H2,1-3H3. The van der Waals surface area contributed by atoms with Gasteiger partial charge in [0.1, 0.15) is 5.82 Å². The van der Waals surface area contributed by atoms with Gasteiger partial charge < -0.3 is 0 Å². The van der Waals surface area contributed by atoms with Gasteiger partial charge in [-0.2, -0.15) is 4.31 Å². The number of sulfonamides is 1. The van der Waals surface area contributed by atoms with Crippen molar-refractivity contribution in [3.05, 3.63) is 29.1 Å². The molecule has 112 valence electrons. The molecule has 2 atom stereocenters. The minimum atomic E-state index is -3.63. The lowest BCUT2D eigenvalue weighted by molar-refractivity contribution is 0.374. The second-order valence-electron chi connectivity index (χ2n) is 5.47. The molecular formula is C14H19ClFNO2S. The summed E-state index contributed by atoms with van der Waals surface area (Å²) >= 11 is 5.93. The molecule has 2 unspecified atom stereocenters. The van der Waals surface area contributed by atoms with Gasteiger partial charge >= 0.3 is 0 Å². The Balaban J connectivity index is 2.51. The van der Waals surface area contributed by atoms with E-state index in [0.717, 1.165) is 6.42 Å². The molecule has 0 bridgehead atoms. The zero-order valence-corrected chi connectivity index (χ0v) is 13.4. The van der Waals surface area contributed by atoms with Crippen LogP contribution in [0.1, 0.15) is 24.5 Å². The third-order valence-corrected chi connectivity index (χ3v) is 6.53. The first-order chi connectivity index (χ1) is 9.28. The normalized spacial score (nSPS) is 24.2. The van der Waals surface area contributed by atoms with E-state index in [-0.39, 0.29) is 22.7 Å². The summed E-state index contributed by atoms with van der Waals surface area (Å²) in [6, 6.07) is 2.33. The predicted octanol–water partition coefficient (Wildman–Crippen LogP) is 3.08. The van der Waals surface area contributed by atoms with Crippen molar-refractivity contribution in [3.63, 3.8) is 0 Å². The average molecular weight is 320 g/mol. The van der Waals surface area contributed by atoms with Gasteiger partial charge in [-0.15, -0.1) is 11.6 Å². The number of rotatable bonds is 3. The molecule has 1 aromatic carbocycles. The molecule has 0 amide bonds. The van der Waals surface area contributed by atoms with Crippen LogP contribution in [0, 0.1) is 25.6 Å². The molecule has 1 fully saturated rings. The van der Waals surface area contributed by atoms with Crippen molar-refractivity contribution in [3.8, 4) is 0 Å². The molecule has 3 nitrogen and oxygen atoms in total. The van der Waals surface area contributed by atoms with Crippen molar-refractivity contribution in [1.29, 1.82) is 0 Å². The number of aryl methyl sites for hydroxylation is 2. The van der Waals surface area contributed by atoms with E-state index >= 15 is 0 Å². The van der Waals surface area contributed by atoms with Gasteiger partial charge in [0.05, 0.1) is 4.90 Å². The Kier molecular flexibility index (Phi) is 4.42. The van der Waals surface area contributed by atoms with Crippen molar-refractivity contribution >= 4 is 21.6 Å². The first-order valence-electron chi connectivity index (χ1n) is 6.63. The number of hydrogen-bond donors (Lipinski definition) is 0. The van der Waals surface area contributed by atoms with E-state index in [1.54, 1.807) is 13.8 Å². The quantitative estimate of drug-likeness (QED) is 0.803. The molecule has 0 aromatic heterocycles. The summed E-state index contributed by atoms with van der Waals surface area (Å²) in [5.41, 5.74) is 0.880. The first-order valence-corrected chi connectivity index (χ1v) is 8.61. The van der Waals surface area contributed by atoms with Crippen LogP contribution in [0.5, 0.6) is 0 Å². The van der Waals surface area contributed by atoms with Gasteiger partial charge in [0, 0.05) is 18.5 Å². The smallest absolute Gasteiger partial charge is 0.207 e. The van der Waals surface area contributed by atoms with Crippen molar-refractivity contribution in [2.24, 2.45) is 5.92 Å². The van der Waals surface area contributed by atoms with Crippen LogP contribution < -0.4 is 0 Å². The topological polar surface area (TPSA) is 37.4 Å². The number of nitrogens with zero attached hydrogens (tertiary/aromatic N) is 1. The molecule has 1 aliphatic rings.